The zero-order chi connectivity index (χ0) is 12.9. The number of nitrogens with zero attached hydrogens (tertiary/aromatic N) is 3. The molecule has 0 saturated carbocycles. The van der Waals surface area contributed by atoms with Crippen molar-refractivity contribution in [3.8, 4) is 5.75 Å². The lowest BCUT2D eigenvalue weighted by atomic mass is 10.1. The molecule has 0 aromatic carbocycles. The molecule has 1 aromatic heterocycles. The van der Waals surface area contributed by atoms with Crippen LogP contribution in [-0.4, -0.2) is 42.1 Å². The second-order valence-electron chi connectivity index (χ2n) is 4.49. The largest absolute Gasteiger partial charge is 0.485 e. The average molecular weight is 262 g/mol. The van der Waals surface area contributed by atoms with Gasteiger partial charge in [0.05, 0.1) is 6.04 Å². The van der Waals surface area contributed by atoms with Crippen molar-refractivity contribution in [2.75, 3.05) is 31.1 Å². The first-order valence-corrected chi connectivity index (χ1v) is 5.73. The van der Waals surface area contributed by atoms with Crippen LogP contribution >= 0.6 is 0 Å². The summed E-state index contributed by atoms with van der Waals surface area (Å²) in [4.78, 5) is 1.89. The van der Waals surface area contributed by atoms with E-state index in [0.29, 0.717) is 18.9 Å². The summed E-state index contributed by atoms with van der Waals surface area (Å²) in [7, 11) is 1.29. The summed E-state index contributed by atoms with van der Waals surface area (Å²) < 4.78 is 44.9. The summed E-state index contributed by atoms with van der Waals surface area (Å²) in [5.41, 5.74) is -0.811. The third-order valence-corrected chi connectivity index (χ3v) is 3.30. The van der Waals surface area contributed by atoms with Crippen molar-refractivity contribution in [1.29, 1.82) is 0 Å². The maximum atomic E-state index is 12.9. The molecule has 8 heteroatoms. The zero-order valence-electron chi connectivity index (χ0n) is 9.79. The van der Waals surface area contributed by atoms with E-state index in [4.69, 9.17) is 4.74 Å². The third-order valence-electron chi connectivity index (χ3n) is 3.30. The molecule has 1 unspecified atom stereocenters. The van der Waals surface area contributed by atoms with Crippen LogP contribution in [-0.2, 0) is 13.2 Å². The van der Waals surface area contributed by atoms with E-state index in [9.17, 15) is 13.2 Å². The van der Waals surface area contributed by atoms with Gasteiger partial charge in [-0.05, 0) is 0 Å². The maximum Gasteiger partial charge on any atom is 0.436 e. The monoisotopic (exact) mass is 262 g/mol. The highest BCUT2D eigenvalue weighted by Crippen LogP contribution is 2.43. The number of ether oxygens (including phenoxy) is 1. The molecule has 1 saturated heterocycles. The van der Waals surface area contributed by atoms with Crippen LogP contribution in [0, 0.1) is 0 Å². The molecule has 1 atom stereocenters. The summed E-state index contributed by atoms with van der Waals surface area (Å²) >= 11 is 0. The molecule has 0 amide bonds. The number of hydrogen-bond acceptors (Lipinski definition) is 4. The number of fused-ring (bicyclic) bond motifs is 3. The highest BCUT2D eigenvalue weighted by atomic mass is 19.4. The van der Waals surface area contributed by atoms with E-state index < -0.39 is 11.9 Å². The Kier molecular flexibility index (Phi) is 2.44. The van der Waals surface area contributed by atoms with Crippen LogP contribution in [0.3, 0.4) is 0 Å². The maximum absolute atomic E-state index is 12.9. The van der Waals surface area contributed by atoms with Crippen molar-refractivity contribution in [3.63, 3.8) is 0 Å². The summed E-state index contributed by atoms with van der Waals surface area (Å²) in [5.74, 6) is 0.172. The lowest BCUT2D eigenvalue weighted by molar-refractivity contribution is -0.145. The quantitative estimate of drug-likeness (QED) is 0.744. The normalized spacial score (nSPS) is 23.3. The Balaban J connectivity index is 2.06. The third kappa shape index (κ3) is 1.63. The standard InChI is InChI=1S/C10H13F3N4O/c1-16-8(10(11,12)13)7-9(15-16)17-3-2-14-4-6(17)5-18-7/h6,14H,2-5H2,1H3. The van der Waals surface area contributed by atoms with Crippen molar-refractivity contribution in [1.82, 2.24) is 15.1 Å². The predicted octanol–water partition coefficient (Wildman–Crippen LogP) is 0.609. The van der Waals surface area contributed by atoms with E-state index in [1.165, 1.54) is 7.05 Å². The van der Waals surface area contributed by atoms with E-state index in [1.807, 2.05) is 4.90 Å². The van der Waals surface area contributed by atoms with E-state index >= 15 is 0 Å². The summed E-state index contributed by atoms with van der Waals surface area (Å²) in [6, 6.07) is 0.0576. The first-order valence-electron chi connectivity index (χ1n) is 5.73. The van der Waals surface area contributed by atoms with E-state index in [-0.39, 0.29) is 18.4 Å². The molecular weight excluding hydrogens is 249 g/mol. The molecule has 100 valence electrons. The van der Waals surface area contributed by atoms with Gasteiger partial charge in [0, 0.05) is 26.7 Å². The number of alkyl halides is 3. The minimum atomic E-state index is -4.45. The molecule has 1 fully saturated rings. The van der Waals surface area contributed by atoms with Gasteiger partial charge in [0.2, 0.25) is 0 Å². The molecule has 5 nitrogen and oxygen atoms in total. The number of rotatable bonds is 0. The number of piperazine rings is 1. The van der Waals surface area contributed by atoms with Crippen LogP contribution in [0.1, 0.15) is 5.69 Å². The Morgan fingerprint density at radius 1 is 1.44 bits per heavy atom. The van der Waals surface area contributed by atoms with Crippen LogP contribution in [0.2, 0.25) is 0 Å². The van der Waals surface area contributed by atoms with Gasteiger partial charge in [0.1, 0.15) is 6.61 Å². The lowest BCUT2D eigenvalue weighted by Crippen LogP contribution is -2.55. The van der Waals surface area contributed by atoms with Crippen molar-refractivity contribution >= 4 is 5.82 Å². The van der Waals surface area contributed by atoms with Gasteiger partial charge in [-0.15, -0.1) is 0 Å². The summed E-state index contributed by atoms with van der Waals surface area (Å²) in [6.07, 6.45) is -4.45. The predicted molar refractivity (Wildman–Crippen MR) is 57.7 cm³/mol. The molecule has 0 bridgehead atoms. The molecule has 3 heterocycles. The fourth-order valence-electron chi connectivity index (χ4n) is 2.49. The van der Waals surface area contributed by atoms with Crippen LogP contribution < -0.4 is 15.0 Å². The topological polar surface area (TPSA) is 42.3 Å². The van der Waals surface area contributed by atoms with Gasteiger partial charge in [-0.1, -0.05) is 0 Å². The minimum absolute atomic E-state index is 0.0576. The Morgan fingerprint density at radius 2 is 2.22 bits per heavy atom. The molecular formula is C10H13F3N4O. The molecule has 2 aliphatic heterocycles. The number of halogens is 3. The van der Waals surface area contributed by atoms with Crippen molar-refractivity contribution < 1.29 is 17.9 Å². The number of hydrogen-bond donors (Lipinski definition) is 1. The van der Waals surface area contributed by atoms with Gasteiger partial charge in [-0.2, -0.15) is 18.3 Å². The van der Waals surface area contributed by atoms with Crippen molar-refractivity contribution in [3.05, 3.63) is 5.69 Å². The van der Waals surface area contributed by atoms with Crippen molar-refractivity contribution in [2.24, 2.45) is 7.05 Å². The van der Waals surface area contributed by atoms with Crippen molar-refractivity contribution in [2.45, 2.75) is 12.2 Å². The fraction of sp³-hybridized carbons (Fsp3) is 0.700. The fourth-order valence-corrected chi connectivity index (χ4v) is 2.49. The Morgan fingerprint density at radius 3 is 2.94 bits per heavy atom. The van der Waals surface area contributed by atoms with Gasteiger partial charge in [0.15, 0.2) is 17.3 Å². The highest BCUT2D eigenvalue weighted by Gasteiger charge is 2.44. The van der Waals surface area contributed by atoms with Crippen LogP contribution in [0.4, 0.5) is 19.0 Å². The molecule has 0 radical (unpaired) electrons. The number of aromatic nitrogens is 2. The van der Waals surface area contributed by atoms with E-state index in [0.717, 1.165) is 11.2 Å². The Bertz CT molecular complexity index is 470. The molecule has 18 heavy (non-hydrogen) atoms. The smallest absolute Gasteiger partial charge is 0.436 e. The van der Waals surface area contributed by atoms with E-state index in [1.54, 1.807) is 0 Å². The van der Waals surface area contributed by atoms with Gasteiger partial charge < -0.3 is 15.0 Å². The second kappa shape index (κ2) is 3.78. The van der Waals surface area contributed by atoms with Gasteiger partial charge in [0.25, 0.3) is 0 Å². The van der Waals surface area contributed by atoms with Crippen LogP contribution in [0.5, 0.6) is 5.75 Å². The van der Waals surface area contributed by atoms with Crippen LogP contribution in [0.25, 0.3) is 0 Å². The molecule has 1 N–H and O–H groups in total. The molecule has 1 aromatic rings. The zero-order valence-corrected chi connectivity index (χ0v) is 9.79. The first-order chi connectivity index (χ1) is 8.48. The average Bonchev–Trinajstić information content (AvgIpc) is 2.65. The molecule has 2 aliphatic rings. The molecule has 0 spiro atoms. The number of anilines is 1. The summed E-state index contributed by atoms with van der Waals surface area (Å²) in [5, 5.41) is 7.16. The molecule has 0 aliphatic carbocycles. The Hall–Kier alpha value is -1.44. The highest BCUT2D eigenvalue weighted by molar-refractivity contribution is 5.59. The second-order valence-corrected chi connectivity index (χ2v) is 4.49. The SMILES string of the molecule is Cn1nc2c(c1C(F)(F)F)OCC1CNCCN21. The lowest BCUT2D eigenvalue weighted by Gasteiger charge is -2.39. The van der Waals surface area contributed by atoms with Gasteiger partial charge in [-0.3, -0.25) is 4.68 Å². The Labute approximate surface area is 102 Å². The first kappa shape index (κ1) is 11.6. The molecule has 3 rings (SSSR count). The van der Waals surface area contributed by atoms with E-state index in [2.05, 4.69) is 10.4 Å². The summed E-state index contributed by atoms with van der Waals surface area (Å²) in [6.45, 7) is 2.36. The number of aryl methyl sites for hydroxylation is 1. The minimum Gasteiger partial charge on any atom is -0.485 e. The van der Waals surface area contributed by atoms with Gasteiger partial charge >= 0.3 is 6.18 Å². The van der Waals surface area contributed by atoms with Crippen LogP contribution in [0.15, 0.2) is 0 Å². The van der Waals surface area contributed by atoms with Gasteiger partial charge in [-0.25, -0.2) is 0 Å². The number of nitrogens with one attached hydrogen (secondary N) is 1.